The number of amides is 1. The SMILES string of the molecule is CCN(CC1CCC1)C(=O)C(C)N1CCNCC1. The molecule has 4 heteroatoms. The molecule has 1 N–H and O–H groups in total. The Kier molecular flexibility index (Phi) is 5.01. The Labute approximate surface area is 111 Å². The molecule has 0 aromatic heterocycles. The van der Waals surface area contributed by atoms with Crippen LogP contribution >= 0.6 is 0 Å². The third-order valence-electron chi connectivity index (χ3n) is 4.45. The molecule has 18 heavy (non-hydrogen) atoms. The first kappa shape index (κ1) is 13.8. The predicted molar refractivity (Wildman–Crippen MR) is 73.5 cm³/mol. The second-order valence-corrected chi connectivity index (χ2v) is 5.64. The molecule has 0 aromatic rings. The van der Waals surface area contributed by atoms with Crippen molar-refractivity contribution in [3.8, 4) is 0 Å². The van der Waals surface area contributed by atoms with E-state index in [2.05, 4.69) is 29.0 Å². The number of nitrogens with one attached hydrogen (secondary N) is 1. The minimum Gasteiger partial charge on any atom is -0.341 e. The Bertz CT molecular complexity index is 268. The summed E-state index contributed by atoms with van der Waals surface area (Å²) >= 11 is 0. The fourth-order valence-corrected chi connectivity index (χ4v) is 2.85. The molecule has 104 valence electrons. The number of carbonyl (C=O) groups is 1. The van der Waals surface area contributed by atoms with E-state index in [-0.39, 0.29) is 6.04 Å². The highest BCUT2D eigenvalue weighted by Crippen LogP contribution is 2.27. The van der Waals surface area contributed by atoms with E-state index in [1.165, 1.54) is 19.3 Å². The smallest absolute Gasteiger partial charge is 0.239 e. The zero-order chi connectivity index (χ0) is 13.0. The van der Waals surface area contributed by atoms with Crippen molar-refractivity contribution in [1.29, 1.82) is 0 Å². The van der Waals surface area contributed by atoms with Crippen LogP contribution in [0.2, 0.25) is 0 Å². The Hall–Kier alpha value is -0.610. The summed E-state index contributed by atoms with van der Waals surface area (Å²) in [5, 5.41) is 3.34. The topological polar surface area (TPSA) is 35.6 Å². The van der Waals surface area contributed by atoms with Crippen LogP contribution in [0.15, 0.2) is 0 Å². The Morgan fingerprint density at radius 2 is 2.06 bits per heavy atom. The van der Waals surface area contributed by atoms with E-state index in [0.29, 0.717) is 5.91 Å². The number of nitrogens with zero attached hydrogens (tertiary/aromatic N) is 2. The fraction of sp³-hybridized carbons (Fsp3) is 0.929. The maximum atomic E-state index is 12.5. The van der Waals surface area contributed by atoms with Crippen molar-refractivity contribution in [2.75, 3.05) is 39.3 Å². The van der Waals surface area contributed by atoms with Gasteiger partial charge in [0.05, 0.1) is 6.04 Å². The lowest BCUT2D eigenvalue weighted by atomic mass is 9.85. The van der Waals surface area contributed by atoms with Crippen molar-refractivity contribution in [3.05, 3.63) is 0 Å². The summed E-state index contributed by atoms with van der Waals surface area (Å²) in [5.41, 5.74) is 0. The second kappa shape index (κ2) is 6.53. The number of hydrogen-bond acceptors (Lipinski definition) is 3. The van der Waals surface area contributed by atoms with Crippen molar-refractivity contribution in [2.24, 2.45) is 5.92 Å². The molecule has 0 aromatic carbocycles. The van der Waals surface area contributed by atoms with Gasteiger partial charge in [-0.3, -0.25) is 9.69 Å². The molecule has 1 saturated heterocycles. The molecule has 0 spiro atoms. The summed E-state index contributed by atoms with van der Waals surface area (Å²) < 4.78 is 0. The molecule has 1 unspecified atom stereocenters. The van der Waals surface area contributed by atoms with Gasteiger partial charge in [-0.1, -0.05) is 6.42 Å². The van der Waals surface area contributed by atoms with Crippen LogP contribution in [0.25, 0.3) is 0 Å². The minimum absolute atomic E-state index is 0.0483. The van der Waals surface area contributed by atoms with Crippen molar-refractivity contribution in [3.63, 3.8) is 0 Å². The summed E-state index contributed by atoms with van der Waals surface area (Å²) in [6, 6.07) is 0.0483. The lowest BCUT2D eigenvalue weighted by Crippen LogP contribution is -2.54. The highest BCUT2D eigenvalue weighted by atomic mass is 16.2. The normalized spacial score (nSPS) is 23.4. The van der Waals surface area contributed by atoms with Gasteiger partial charge in [0.25, 0.3) is 0 Å². The molecule has 1 amide bonds. The van der Waals surface area contributed by atoms with Crippen LogP contribution in [-0.4, -0.2) is 61.0 Å². The largest absolute Gasteiger partial charge is 0.341 e. The Balaban J connectivity index is 1.85. The van der Waals surface area contributed by atoms with E-state index in [1.54, 1.807) is 0 Å². The van der Waals surface area contributed by atoms with Gasteiger partial charge in [0.2, 0.25) is 5.91 Å². The van der Waals surface area contributed by atoms with Crippen molar-refractivity contribution >= 4 is 5.91 Å². The van der Waals surface area contributed by atoms with E-state index in [0.717, 1.165) is 45.2 Å². The third-order valence-corrected chi connectivity index (χ3v) is 4.45. The lowest BCUT2D eigenvalue weighted by Gasteiger charge is -2.37. The first-order valence-electron chi connectivity index (χ1n) is 7.46. The van der Waals surface area contributed by atoms with E-state index in [9.17, 15) is 4.79 Å². The van der Waals surface area contributed by atoms with Crippen LogP contribution in [0.5, 0.6) is 0 Å². The number of hydrogen-bond donors (Lipinski definition) is 1. The van der Waals surface area contributed by atoms with Crippen LogP contribution < -0.4 is 5.32 Å². The molecule has 1 aliphatic carbocycles. The molecule has 2 aliphatic rings. The third kappa shape index (κ3) is 3.23. The second-order valence-electron chi connectivity index (χ2n) is 5.64. The van der Waals surface area contributed by atoms with Crippen LogP contribution in [0, 0.1) is 5.92 Å². The van der Waals surface area contributed by atoms with Gasteiger partial charge in [-0.05, 0) is 32.6 Å². The average Bonchev–Trinajstić information content (AvgIpc) is 2.37. The van der Waals surface area contributed by atoms with Crippen molar-refractivity contribution in [2.45, 2.75) is 39.2 Å². The monoisotopic (exact) mass is 253 g/mol. The van der Waals surface area contributed by atoms with Crippen LogP contribution in [0.3, 0.4) is 0 Å². The molecule has 0 bridgehead atoms. The van der Waals surface area contributed by atoms with Gasteiger partial charge in [0.1, 0.15) is 0 Å². The van der Waals surface area contributed by atoms with E-state index < -0.39 is 0 Å². The number of likely N-dealkylation sites (N-methyl/N-ethyl adjacent to an activating group) is 1. The molecule has 2 fully saturated rings. The van der Waals surface area contributed by atoms with E-state index >= 15 is 0 Å². The van der Waals surface area contributed by atoms with Gasteiger partial charge >= 0.3 is 0 Å². The van der Waals surface area contributed by atoms with Crippen molar-refractivity contribution < 1.29 is 4.79 Å². The number of rotatable bonds is 5. The fourth-order valence-electron chi connectivity index (χ4n) is 2.85. The first-order valence-corrected chi connectivity index (χ1v) is 7.46. The lowest BCUT2D eigenvalue weighted by molar-refractivity contribution is -0.137. The quantitative estimate of drug-likeness (QED) is 0.792. The van der Waals surface area contributed by atoms with Gasteiger partial charge in [-0.25, -0.2) is 0 Å². The summed E-state index contributed by atoms with van der Waals surface area (Å²) in [6.45, 7) is 10.00. The zero-order valence-electron chi connectivity index (χ0n) is 11.8. The minimum atomic E-state index is 0.0483. The molecule has 0 radical (unpaired) electrons. The molecular formula is C14H27N3O. The highest BCUT2D eigenvalue weighted by Gasteiger charge is 2.28. The molecule has 1 heterocycles. The zero-order valence-corrected chi connectivity index (χ0v) is 11.8. The Morgan fingerprint density at radius 3 is 2.56 bits per heavy atom. The Morgan fingerprint density at radius 1 is 1.39 bits per heavy atom. The predicted octanol–water partition coefficient (Wildman–Crippen LogP) is 0.929. The number of piperazine rings is 1. The number of carbonyl (C=O) groups excluding carboxylic acids is 1. The van der Waals surface area contributed by atoms with Crippen LogP contribution in [0.1, 0.15) is 33.1 Å². The summed E-state index contributed by atoms with van der Waals surface area (Å²) in [7, 11) is 0. The van der Waals surface area contributed by atoms with E-state index in [4.69, 9.17) is 0 Å². The standard InChI is InChI=1S/C14H27N3O/c1-3-16(11-13-5-4-6-13)14(18)12(2)17-9-7-15-8-10-17/h12-13,15H,3-11H2,1-2H3. The molecule has 1 atom stereocenters. The van der Waals surface area contributed by atoms with Crippen molar-refractivity contribution in [1.82, 2.24) is 15.1 Å². The molecular weight excluding hydrogens is 226 g/mol. The summed E-state index contributed by atoms with van der Waals surface area (Å²) in [4.78, 5) is 16.9. The molecule has 2 rings (SSSR count). The van der Waals surface area contributed by atoms with Gasteiger partial charge in [-0.15, -0.1) is 0 Å². The molecule has 1 aliphatic heterocycles. The average molecular weight is 253 g/mol. The first-order chi connectivity index (χ1) is 8.72. The van der Waals surface area contributed by atoms with Crippen LogP contribution in [-0.2, 0) is 4.79 Å². The van der Waals surface area contributed by atoms with Gasteiger partial charge in [0, 0.05) is 39.3 Å². The molecule has 4 nitrogen and oxygen atoms in total. The molecule has 1 saturated carbocycles. The van der Waals surface area contributed by atoms with Crippen LogP contribution in [0.4, 0.5) is 0 Å². The van der Waals surface area contributed by atoms with Gasteiger partial charge in [-0.2, -0.15) is 0 Å². The summed E-state index contributed by atoms with van der Waals surface area (Å²) in [6.07, 6.45) is 3.97. The maximum absolute atomic E-state index is 12.5. The maximum Gasteiger partial charge on any atom is 0.239 e. The van der Waals surface area contributed by atoms with Gasteiger partial charge < -0.3 is 10.2 Å². The van der Waals surface area contributed by atoms with Gasteiger partial charge in [0.15, 0.2) is 0 Å². The highest BCUT2D eigenvalue weighted by molar-refractivity contribution is 5.81. The van der Waals surface area contributed by atoms with E-state index in [1.807, 2.05) is 0 Å². The summed E-state index contributed by atoms with van der Waals surface area (Å²) in [5.74, 6) is 1.09.